The van der Waals surface area contributed by atoms with E-state index in [1.54, 1.807) is 0 Å². The quantitative estimate of drug-likeness (QED) is 0.904. The highest BCUT2D eigenvalue weighted by molar-refractivity contribution is 5.87. The fourth-order valence-corrected chi connectivity index (χ4v) is 1.58. The van der Waals surface area contributed by atoms with Gasteiger partial charge in [-0.05, 0) is 24.3 Å². The van der Waals surface area contributed by atoms with Crippen LogP contribution in [0.15, 0.2) is 28.7 Å². The molecule has 20 heavy (non-hydrogen) atoms. The van der Waals surface area contributed by atoms with Crippen LogP contribution in [-0.2, 0) is 12.7 Å². The van der Waals surface area contributed by atoms with Crippen LogP contribution < -0.4 is 5.73 Å². The SMILES string of the molecule is NCc1oc(-c2ccc(C(F)(F)F)cc2)nc1C(=O)O. The Kier molecular flexibility index (Phi) is 3.49. The largest absolute Gasteiger partial charge is 0.476 e. The Bertz CT molecular complexity index is 632. The lowest BCUT2D eigenvalue weighted by Crippen LogP contribution is -2.05. The van der Waals surface area contributed by atoms with Crippen molar-refractivity contribution >= 4 is 5.97 Å². The minimum absolute atomic E-state index is 0.0348. The van der Waals surface area contributed by atoms with E-state index in [2.05, 4.69) is 4.98 Å². The summed E-state index contributed by atoms with van der Waals surface area (Å²) in [4.78, 5) is 14.6. The summed E-state index contributed by atoms with van der Waals surface area (Å²) in [5, 5.41) is 8.88. The van der Waals surface area contributed by atoms with Crippen LogP contribution in [-0.4, -0.2) is 16.1 Å². The van der Waals surface area contributed by atoms with Crippen LogP contribution in [0.3, 0.4) is 0 Å². The molecule has 2 aromatic rings. The number of benzene rings is 1. The topological polar surface area (TPSA) is 89.4 Å². The molecule has 1 aromatic heterocycles. The lowest BCUT2D eigenvalue weighted by molar-refractivity contribution is -0.137. The maximum Gasteiger partial charge on any atom is 0.416 e. The Morgan fingerprint density at radius 2 is 1.90 bits per heavy atom. The number of carboxylic acids is 1. The second-order valence-corrected chi connectivity index (χ2v) is 3.88. The van der Waals surface area contributed by atoms with Gasteiger partial charge in [-0.1, -0.05) is 0 Å². The average molecular weight is 286 g/mol. The maximum absolute atomic E-state index is 12.4. The third-order valence-electron chi connectivity index (χ3n) is 2.54. The zero-order valence-corrected chi connectivity index (χ0v) is 9.94. The molecular formula is C12H9F3N2O3. The highest BCUT2D eigenvalue weighted by atomic mass is 19.4. The summed E-state index contributed by atoms with van der Waals surface area (Å²) >= 11 is 0. The number of nitrogens with zero attached hydrogens (tertiary/aromatic N) is 1. The molecule has 8 heteroatoms. The highest BCUT2D eigenvalue weighted by Crippen LogP contribution is 2.31. The van der Waals surface area contributed by atoms with Crippen molar-refractivity contribution in [3.8, 4) is 11.5 Å². The molecule has 0 atom stereocenters. The number of aromatic carboxylic acids is 1. The van der Waals surface area contributed by atoms with Crippen LogP contribution in [0.2, 0.25) is 0 Å². The fourth-order valence-electron chi connectivity index (χ4n) is 1.58. The van der Waals surface area contributed by atoms with Crippen LogP contribution in [0.5, 0.6) is 0 Å². The van der Waals surface area contributed by atoms with Crippen LogP contribution in [0.4, 0.5) is 13.2 Å². The van der Waals surface area contributed by atoms with E-state index < -0.39 is 17.7 Å². The minimum Gasteiger partial charge on any atom is -0.476 e. The summed E-state index contributed by atoms with van der Waals surface area (Å²) in [5.41, 5.74) is 4.39. The molecule has 1 aromatic carbocycles. The molecule has 0 aliphatic rings. The number of halogens is 3. The number of alkyl halides is 3. The predicted molar refractivity (Wildman–Crippen MR) is 61.8 cm³/mol. The molecule has 0 fully saturated rings. The minimum atomic E-state index is -4.44. The van der Waals surface area contributed by atoms with Gasteiger partial charge in [-0.3, -0.25) is 0 Å². The molecule has 0 spiro atoms. The van der Waals surface area contributed by atoms with Crippen molar-refractivity contribution in [3.05, 3.63) is 41.3 Å². The molecule has 1 heterocycles. The number of rotatable bonds is 3. The van der Waals surface area contributed by atoms with E-state index in [4.69, 9.17) is 15.3 Å². The normalized spacial score (nSPS) is 11.6. The first-order chi connectivity index (χ1) is 9.32. The summed E-state index contributed by atoms with van der Waals surface area (Å²) in [6.45, 7) is -0.171. The number of hydrogen-bond acceptors (Lipinski definition) is 4. The van der Waals surface area contributed by atoms with Gasteiger partial charge in [-0.2, -0.15) is 13.2 Å². The van der Waals surface area contributed by atoms with Gasteiger partial charge in [0.1, 0.15) is 0 Å². The molecule has 106 valence electrons. The number of carbonyl (C=O) groups is 1. The van der Waals surface area contributed by atoms with Crippen LogP contribution >= 0.6 is 0 Å². The Morgan fingerprint density at radius 1 is 1.30 bits per heavy atom. The zero-order valence-electron chi connectivity index (χ0n) is 9.94. The van der Waals surface area contributed by atoms with Gasteiger partial charge in [0.15, 0.2) is 11.5 Å². The summed E-state index contributed by atoms with van der Waals surface area (Å²) in [6.07, 6.45) is -4.44. The Balaban J connectivity index is 2.39. The van der Waals surface area contributed by atoms with E-state index in [9.17, 15) is 18.0 Å². The van der Waals surface area contributed by atoms with E-state index in [1.807, 2.05) is 0 Å². The third kappa shape index (κ3) is 2.64. The monoisotopic (exact) mass is 286 g/mol. The fraction of sp³-hybridized carbons (Fsp3) is 0.167. The van der Waals surface area contributed by atoms with Crippen molar-refractivity contribution in [3.63, 3.8) is 0 Å². The van der Waals surface area contributed by atoms with Crippen molar-refractivity contribution < 1.29 is 27.5 Å². The Labute approximate surface area is 110 Å². The van der Waals surface area contributed by atoms with Gasteiger partial charge in [0.2, 0.25) is 5.89 Å². The first-order valence-electron chi connectivity index (χ1n) is 5.43. The summed E-state index contributed by atoms with van der Waals surface area (Å²) < 4.78 is 42.4. The molecular weight excluding hydrogens is 277 g/mol. The summed E-state index contributed by atoms with van der Waals surface area (Å²) in [7, 11) is 0. The smallest absolute Gasteiger partial charge is 0.416 e. The third-order valence-corrected chi connectivity index (χ3v) is 2.54. The summed E-state index contributed by atoms with van der Waals surface area (Å²) in [5.74, 6) is -1.43. The van der Waals surface area contributed by atoms with Crippen molar-refractivity contribution in [2.75, 3.05) is 0 Å². The van der Waals surface area contributed by atoms with Crippen LogP contribution in [0.25, 0.3) is 11.5 Å². The Hall–Kier alpha value is -2.35. The number of hydrogen-bond donors (Lipinski definition) is 2. The lowest BCUT2D eigenvalue weighted by Gasteiger charge is -2.06. The standard InChI is InChI=1S/C12H9F3N2O3/c13-12(14,15)7-3-1-6(2-4-7)10-17-9(11(18)19)8(5-16)20-10/h1-4H,5,16H2,(H,18,19). The van der Waals surface area contributed by atoms with Gasteiger partial charge in [0, 0.05) is 5.56 Å². The van der Waals surface area contributed by atoms with E-state index in [0.29, 0.717) is 0 Å². The number of nitrogens with two attached hydrogens (primary N) is 1. The molecule has 0 radical (unpaired) electrons. The van der Waals surface area contributed by atoms with Crippen molar-refractivity contribution in [1.82, 2.24) is 4.98 Å². The highest BCUT2D eigenvalue weighted by Gasteiger charge is 2.30. The molecule has 0 aliphatic heterocycles. The molecule has 0 unspecified atom stereocenters. The first kappa shape index (κ1) is 14.1. The molecule has 3 N–H and O–H groups in total. The molecule has 0 bridgehead atoms. The molecule has 0 amide bonds. The maximum atomic E-state index is 12.4. The number of aromatic nitrogens is 1. The van der Waals surface area contributed by atoms with E-state index in [-0.39, 0.29) is 29.5 Å². The Morgan fingerprint density at radius 3 is 2.30 bits per heavy atom. The van der Waals surface area contributed by atoms with Gasteiger partial charge in [0.25, 0.3) is 0 Å². The van der Waals surface area contributed by atoms with Gasteiger partial charge in [-0.15, -0.1) is 0 Å². The van der Waals surface area contributed by atoms with Crippen molar-refractivity contribution in [2.45, 2.75) is 12.7 Å². The number of carboxylic acid groups (broad SMARTS) is 1. The molecule has 0 aliphatic carbocycles. The predicted octanol–water partition coefficient (Wildman–Crippen LogP) is 2.52. The second-order valence-electron chi connectivity index (χ2n) is 3.88. The number of oxazole rings is 1. The van der Waals surface area contributed by atoms with Crippen LogP contribution in [0.1, 0.15) is 21.8 Å². The molecule has 0 saturated heterocycles. The van der Waals surface area contributed by atoms with E-state index >= 15 is 0 Å². The summed E-state index contributed by atoms with van der Waals surface area (Å²) in [6, 6.07) is 4.03. The van der Waals surface area contributed by atoms with Gasteiger partial charge in [0.05, 0.1) is 12.1 Å². The average Bonchev–Trinajstić information content (AvgIpc) is 2.82. The first-order valence-corrected chi connectivity index (χ1v) is 5.43. The zero-order chi connectivity index (χ0) is 14.9. The van der Waals surface area contributed by atoms with Gasteiger partial charge >= 0.3 is 12.1 Å². The van der Waals surface area contributed by atoms with Crippen LogP contribution in [0, 0.1) is 0 Å². The van der Waals surface area contributed by atoms with Crippen molar-refractivity contribution in [2.24, 2.45) is 5.73 Å². The van der Waals surface area contributed by atoms with Crippen molar-refractivity contribution in [1.29, 1.82) is 0 Å². The lowest BCUT2D eigenvalue weighted by atomic mass is 10.1. The molecule has 5 nitrogen and oxygen atoms in total. The van der Waals surface area contributed by atoms with E-state index in [0.717, 1.165) is 24.3 Å². The van der Waals surface area contributed by atoms with Gasteiger partial charge in [-0.25, -0.2) is 9.78 Å². The van der Waals surface area contributed by atoms with Gasteiger partial charge < -0.3 is 15.3 Å². The molecule has 0 saturated carbocycles. The molecule has 2 rings (SSSR count). The second kappa shape index (κ2) is 4.97. The van der Waals surface area contributed by atoms with E-state index in [1.165, 1.54) is 0 Å².